The van der Waals surface area contributed by atoms with Gasteiger partial charge in [-0.15, -0.1) is 0 Å². The minimum absolute atomic E-state index is 0.141. The van der Waals surface area contributed by atoms with Crippen LogP contribution in [0.2, 0.25) is 0 Å². The van der Waals surface area contributed by atoms with Gasteiger partial charge in [0.25, 0.3) is 0 Å². The predicted octanol–water partition coefficient (Wildman–Crippen LogP) is -2.18. The molecule has 0 saturated carbocycles. The Balaban J connectivity index is 2.95. The smallest absolute Gasteiger partial charge is 0.328 e. The number of aliphatic hydroxyl groups excluding tert-OH is 1. The quantitative estimate of drug-likeness (QED) is 0.117. The number of carbonyl (C=O) groups is 5. The maximum Gasteiger partial charge on any atom is 0.328 e. The Hall–Kier alpha value is -3.17. The standard InChI is InChI=1S/C20H32N6O8S/c1-10(27)16(20(33)34)26-19(32)13(3-4-15(28)29)25-18(31)14(5-6-35-2)24-17(30)12(21)7-11-8-22-9-23-11/h8-10,12-14,16,27H,3-7,21H2,1-2H3,(H,22,23)(H,24,30)(H,25,31)(H,26,32)(H,28,29)(H,33,34). The van der Waals surface area contributed by atoms with Crippen molar-refractivity contribution in [3.63, 3.8) is 0 Å². The third kappa shape index (κ3) is 10.7. The Morgan fingerprint density at radius 2 is 1.66 bits per heavy atom. The lowest BCUT2D eigenvalue weighted by molar-refractivity contribution is -0.145. The SMILES string of the molecule is CSCCC(NC(=O)C(N)Cc1cnc[nH]1)C(=O)NC(CCC(=O)O)C(=O)NC(C(=O)O)C(C)O. The number of hydrogen-bond donors (Lipinski definition) is 8. The molecule has 0 bridgehead atoms. The van der Waals surface area contributed by atoms with Crippen LogP contribution in [0.25, 0.3) is 0 Å². The molecular formula is C20H32N6O8S. The van der Waals surface area contributed by atoms with Gasteiger partial charge in [-0.05, 0) is 31.8 Å². The van der Waals surface area contributed by atoms with E-state index in [0.29, 0.717) is 11.4 Å². The first-order valence-electron chi connectivity index (χ1n) is 10.7. The molecule has 3 amide bonds. The van der Waals surface area contributed by atoms with Crippen molar-refractivity contribution < 1.29 is 39.3 Å². The van der Waals surface area contributed by atoms with Crippen LogP contribution in [0, 0.1) is 0 Å². The van der Waals surface area contributed by atoms with Crippen molar-refractivity contribution in [2.45, 2.75) is 62.9 Å². The minimum Gasteiger partial charge on any atom is -0.481 e. The van der Waals surface area contributed by atoms with Crippen LogP contribution >= 0.6 is 11.8 Å². The molecule has 5 atom stereocenters. The van der Waals surface area contributed by atoms with Crippen LogP contribution in [0.4, 0.5) is 0 Å². The molecule has 14 nitrogen and oxygen atoms in total. The van der Waals surface area contributed by atoms with Crippen molar-refractivity contribution in [2.24, 2.45) is 5.73 Å². The Morgan fingerprint density at radius 1 is 1.06 bits per heavy atom. The van der Waals surface area contributed by atoms with Gasteiger partial charge >= 0.3 is 11.9 Å². The van der Waals surface area contributed by atoms with Crippen LogP contribution in [-0.4, -0.2) is 97.2 Å². The molecule has 1 heterocycles. The van der Waals surface area contributed by atoms with Gasteiger partial charge in [0, 0.05) is 24.7 Å². The zero-order valence-corrected chi connectivity index (χ0v) is 20.2. The normalized spacial score (nSPS) is 15.2. The number of hydrogen-bond acceptors (Lipinski definition) is 9. The molecule has 196 valence electrons. The van der Waals surface area contributed by atoms with Gasteiger partial charge in [-0.2, -0.15) is 11.8 Å². The van der Waals surface area contributed by atoms with Gasteiger partial charge in [-0.3, -0.25) is 19.2 Å². The summed E-state index contributed by atoms with van der Waals surface area (Å²) in [6.45, 7) is 1.16. The van der Waals surface area contributed by atoms with Crippen molar-refractivity contribution in [1.82, 2.24) is 25.9 Å². The molecule has 15 heteroatoms. The van der Waals surface area contributed by atoms with Crippen LogP contribution in [-0.2, 0) is 30.4 Å². The molecule has 5 unspecified atom stereocenters. The number of aromatic amines is 1. The fraction of sp³-hybridized carbons (Fsp3) is 0.600. The van der Waals surface area contributed by atoms with Gasteiger partial charge in [0.05, 0.1) is 18.5 Å². The van der Waals surface area contributed by atoms with Crippen molar-refractivity contribution in [1.29, 1.82) is 0 Å². The Labute approximate surface area is 205 Å². The molecule has 0 aromatic carbocycles. The summed E-state index contributed by atoms with van der Waals surface area (Å²) in [4.78, 5) is 67.1. The molecule has 0 fully saturated rings. The third-order valence-electron chi connectivity index (χ3n) is 4.90. The van der Waals surface area contributed by atoms with Gasteiger partial charge in [-0.1, -0.05) is 0 Å². The highest BCUT2D eigenvalue weighted by atomic mass is 32.2. The van der Waals surface area contributed by atoms with E-state index in [9.17, 15) is 34.2 Å². The number of imidazole rings is 1. The van der Waals surface area contributed by atoms with Crippen LogP contribution in [0.15, 0.2) is 12.5 Å². The minimum atomic E-state index is -1.67. The maximum atomic E-state index is 13.0. The first-order chi connectivity index (χ1) is 16.5. The number of aliphatic hydroxyl groups is 1. The highest BCUT2D eigenvalue weighted by Crippen LogP contribution is 2.06. The molecule has 0 aliphatic rings. The van der Waals surface area contributed by atoms with Crippen LogP contribution in [0.5, 0.6) is 0 Å². The van der Waals surface area contributed by atoms with Crippen molar-refractivity contribution in [3.8, 4) is 0 Å². The van der Waals surface area contributed by atoms with E-state index in [2.05, 4.69) is 25.9 Å². The zero-order chi connectivity index (χ0) is 26.5. The second-order valence-electron chi connectivity index (χ2n) is 7.79. The summed E-state index contributed by atoms with van der Waals surface area (Å²) in [6.07, 6.45) is 2.78. The highest BCUT2D eigenvalue weighted by molar-refractivity contribution is 7.98. The molecule has 1 rings (SSSR count). The summed E-state index contributed by atoms with van der Waals surface area (Å²) in [6, 6.07) is -5.17. The van der Waals surface area contributed by atoms with Gasteiger partial charge in [-0.25, -0.2) is 9.78 Å². The Morgan fingerprint density at radius 3 is 2.17 bits per heavy atom. The zero-order valence-electron chi connectivity index (χ0n) is 19.4. The molecule has 0 spiro atoms. The summed E-state index contributed by atoms with van der Waals surface area (Å²) in [5.41, 5.74) is 6.54. The third-order valence-corrected chi connectivity index (χ3v) is 5.55. The predicted molar refractivity (Wildman–Crippen MR) is 125 cm³/mol. The maximum absolute atomic E-state index is 13.0. The molecule has 9 N–H and O–H groups in total. The average molecular weight is 517 g/mol. The van der Waals surface area contributed by atoms with Gasteiger partial charge in [0.1, 0.15) is 12.1 Å². The second-order valence-corrected chi connectivity index (χ2v) is 8.77. The molecule has 0 aliphatic heterocycles. The van der Waals surface area contributed by atoms with Gasteiger partial charge in [0.2, 0.25) is 17.7 Å². The van der Waals surface area contributed by atoms with E-state index in [4.69, 9.17) is 10.8 Å². The Bertz CT molecular complexity index is 866. The number of aromatic nitrogens is 2. The number of nitrogens with one attached hydrogen (secondary N) is 4. The topological polar surface area (TPSA) is 237 Å². The van der Waals surface area contributed by atoms with E-state index in [0.717, 1.165) is 6.92 Å². The van der Waals surface area contributed by atoms with Crippen LogP contribution in [0.1, 0.15) is 31.9 Å². The molecular weight excluding hydrogens is 484 g/mol. The fourth-order valence-electron chi connectivity index (χ4n) is 2.96. The molecule has 0 radical (unpaired) electrons. The highest BCUT2D eigenvalue weighted by Gasteiger charge is 2.32. The van der Waals surface area contributed by atoms with Crippen molar-refractivity contribution in [3.05, 3.63) is 18.2 Å². The number of amides is 3. The number of aliphatic carboxylic acids is 2. The first-order valence-corrected chi connectivity index (χ1v) is 12.1. The Kier molecular flexibility index (Phi) is 12.8. The largest absolute Gasteiger partial charge is 0.481 e. The molecule has 35 heavy (non-hydrogen) atoms. The summed E-state index contributed by atoms with van der Waals surface area (Å²) >= 11 is 1.41. The summed E-state index contributed by atoms with van der Waals surface area (Å²) < 4.78 is 0. The van der Waals surface area contributed by atoms with Crippen LogP contribution in [0.3, 0.4) is 0 Å². The van der Waals surface area contributed by atoms with E-state index in [1.54, 1.807) is 6.26 Å². The number of rotatable bonds is 16. The van der Waals surface area contributed by atoms with E-state index >= 15 is 0 Å². The fourth-order valence-corrected chi connectivity index (χ4v) is 3.43. The number of nitrogens with two attached hydrogens (primary N) is 1. The monoisotopic (exact) mass is 516 g/mol. The average Bonchev–Trinajstić information content (AvgIpc) is 3.29. The number of carboxylic acids is 2. The number of H-pyrrole nitrogens is 1. The van der Waals surface area contributed by atoms with Crippen molar-refractivity contribution >= 4 is 41.4 Å². The second kappa shape index (κ2) is 15.0. The molecule has 1 aromatic rings. The molecule has 0 saturated heterocycles. The van der Waals surface area contributed by atoms with Gasteiger partial charge in [0.15, 0.2) is 6.04 Å². The van der Waals surface area contributed by atoms with E-state index < -0.39 is 66.4 Å². The van der Waals surface area contributed by atoms with Crippen LogP contribution < -0.4 is 21.7 Å². The van der Waals surface area contributed by atoms with E-state index in [1.807, 2.05) is 0 Å². The van der Waals surface area contributed by atoms with Gasteiger partial charge < -0.3 is 42.0 Å². The number of carboxylic acid groups (broad SMARTS) is 2. The number of nitrogens with zero attached hydrogens (tertiary/aromatic N) is 1. The lowest BCUT2D eigenvalue weighted by Crippen LogP contribution is -2.58. The first kappa shape index (κ1) is 29.9. The summed E-state index contributed by atoms with van der Waals surface area (Å²) in [5.74, 6) is -4.64. The summed E-state index contributed by atoms with van der Waals surface area (Å²) in [7, 11) is 0. The van der Waals surface area contributed by atoms with Crippen molar-refractivity contribution in [2.75, 3.05) is 12.0 Å². The number of thioether (sulfide) groups is 1. The summed E-state index contributed by atoms with van der Waals surface area (Å²) in [5, 5.41) is 34.8. The lowest BCUT2D eigenvalue weighted by atomic mass is 10.1. The number of carbonyl (C=O) groups excluding carboxylic acids is 3. The molecule has 1 aromatic heterocycles. The molecule has 0 aliphatic carbocycles. The van der Waals surface area contributed by atoms with E-state index in [-0.39, 0.29) is 19.3 Å². The van der Waals surface area contributed by atoms with E-state index in [1.165, 1.54) is 24.3 Å². The lowest BCUT2D eigenvalue weighted by Gasteiger charge is -2.25.